The maximum Gasteiger partial charge on any atom is 0.128 e. The van der Waals surface area contributed by atoms with Crippen LogP contribution in [0, 0.1) is 11.6 Å². The predicted octanol–water partition coefficient (Wildman–Crippen LogP) is 2.39. The third-order valence-corrected chi connectivity index (χ3v) is 2.62. The minimum Gasteiger partial charge on any atom is -0.395 e. The minimum absolute atomic E-state index is 0.0161. The van der Waals surface area contributed by atoms with Crippen LogP contribution in [0.25, 0.3) is 0 Å². The van der Waals surface area contributed by atoms with Crippen LogP contribution in [0.15, 0.2) is 18.2 Å². The van der Waals surface area contributed by atoms with Crippen LogP contribution >= 0.6 is 0 Å². The number of rotatable bonds is 5. The van der Waals surface area contributed by atoms with Gasteiger partial charge < -0.3 is 10.4 Å². The quantitative estimate of drug-likeness (QED) is 0.812. The fourth-order valence-electron chi connectivity index (χ4n) is 1.59. The van der Waals surface area contributed by atoms with Gasteiger partial charge in [-0.1, -0.05) is 6.92 Å². The molecule has 0 aliphatic carbocycles. The molecule has 2 atom stereocenters. The van der Waals surface area contributed by atoms with Crippen LogP contribution in [0.1, 0.15) is 31.9 Å². The first-order valence-electron chi connectivity index (χ1n) is 5.40. The largest absolute Gasteiger partial charge is 0.395 e. The summed E-state index contributed by atoms with van der Waals surface area (Å²) in [5, 5.41) is 12.1. The molecule has 0 amide bonds. The fraction of sp³-hybridized carbons (Fsp3) is 0.500. The van der Waals surface area contributed by atoms with Crippen molar-refractivity contribution in [2.75, 3.05) is 6.61 Å². The van der Waals surface area contributed by atoms with Crippen LogP contribution in [0.4, 0.5) is 8.78 Å². The lowest BCUT2D eigenvalue weighted by atomic mass is 10.1. The molecule has 0 aliphatic heterocycles. The van der Waals surface area contributed by atoms with Gasteiger partial charge in [0, 0.05) is 17.6 Å². The Hall–Kier alpha value is -1.00. The highest BCUT2D eigenvalue weighted by Crippen LogP contribution is 2.18. The molecule has 2 nitrogen and oxygen atoms in total. The lowest BCUT2D eigenvalue weighted by molar-refractivity contribution is 0.229. The lowest BCUT2D eigenvalue weighted by Crippen LogP contribution is -2.34. The van der Waals surface area contributed by atoms with Gasteiger partial charge in [0.25, 0.3) is 0 Å². The normalized spacial score (nSPS) is 14.8. The number of aliphatic hydroxyl groups is 1. The van der Waals surface area contributed by atoms with Crippen molar-refractivity contribution in [3.05, 3.63) is 35.4 Å². The second-order valence-corrected chi connectivity index (χ2v) is 3.84. The van der Waals surface area contributed by atoms with Gasteiger partial charge in [-0.15, -0.1) is 0 Å². The summed E-state index contributed by atoms with van der Waals surface area (Å²) in [6.07, 6.45) is 0.734. The smallest absolute Gasteiger partial charge is 0.128 e. The van der Waals surface area contributed by atoms with Crippen LogP contribution in [0.2, 0.25) is 0 Å². The molecule has 1 aromatic rings. The highest BCUT2D eigenvalue weighted by atomic mass is 19.1. The maximum atomic E-state index is 13.4. The van der Waals surface area contributed by atoms with Gasteiger partial charge in [0.2, 0.25) is 0 Å². The first-order chi connectivity index (χ1) is 7.58. The Morgan fingerprint density at radius 3 is 2.62 bits per heavy atom. The Balaban J connectivity index is 2.79. The molecule has 1 aromatic carbocycles. The van der Waals surface area contributed by atoms with Gasteiger partial charge in [0.15, 0.2) is 0 Å². The van der Waals surface area contributed by atoms with Crippen LogP contribution in [-0.2, 0) is 0 Å². The summed E-state index contributed by atoms with van der Waals surface area (Å²) in [6.45, 7) is 3.65. The fourth-order valence-corrected chi connectivity index (χ4v) is 1.59. The molecule has 0 fully saturated rings. The average molecular weight is 229 g/mol. The predicted molar refractivity (Wildman–Crippen MR) is 59.1 cm³/mol. The van der Waals surface area contributed by atoms with Crippen molar-refractivity contribution in [2.45, 2.75) is 32.4 Å². The van der Waals surface area contributed by atoms with Crippen LogP contribution in [-0.4, -0.2) is 17.8 Å². The van der Waals surface area contributed by atoms with E-state index in [1.807, 2.05) is 6.92 Å². The van der Waals surface area contributed by atoms with Crippen molar-refractivity contribution in [1.29, 1.82) is 0 Å². The number of benzene rings is 1. The molecular formula is C12H17F2NO. The highest BCUT2D eigenvalue weighted by Gasteiger charge is 2.15. The Kier molecular flexibility index (Phi) is 4.83. The summed E-state index contributed by atoms with van der Waals surface area (Å²) in [4.78, 5) is 0. The van der Waals surface area contributed by atoms with Crippen molar-refractivity contribution in [3.8, 4) is 0 Å². The number of hydrogen-bond donors (Lipinski definition) is 2. The molecule has 4 heteroatoms. The molecule has 0 saturated heterocycles. The third kappa shape index (κ3) is 3.25. The molecule has 90 valence electrons. The molecule has 0 spiro atoms. The van der Waals surface area contributed by atoms with Crippen molar-refractivity contribution in [3.63, 3.8) is 0 Å². The topological polar surface area (TPSA) is 32.3 Å². The molecule has 0 radical (unpaired) electrons. The zero-order chi connectivity index (χ0) is 12.1. The van der Waals surface area contributed by atoms with E-state index in [1.165, 1.54) is 6.07 Å². The summed E-state index contributed by atoms with van der Waals surface area (Å²) >= 11 is 0. The van der Waals surface area contributed by atoms with Gasteiger partial charge in [-0.25, -0.2) is 8.78 Å². The molecule has 2 N–H and O–H groups in total. The third-order valence-electron chi connectivity index (χ3n) is 2.62. The Morgan fingerprint density at radius 2 is 2.06 bits per heavy atom. The minimum atomic E-state index is -0.456. The summed E-state index contributed by atoms with van der Waals surface area (Å²) < 4.78 is 26.4. The number of aliphatic hydroxyl groups excluding tert-OH is 1. The summed E-state index contributed by atoms with van der Waals surface area (Å²) in [5.74, 6) is -0.892. The van der Waals surface area contributed by atoms with Gasteiger partial charge in [-0.05, 0) is 31.5 Å². The number of nitrogens with one attached hydrogen (secondary N) is 1. The second-order valence-electron chi connectivity index (χ2n) is 3.84. The highest BCUT2D eigenvalue weighted by molar-refractivity contribution is 5.21. The van der Waals surface area contributed by atoms with Gasteiger partial charge in [0.1, 0.15) is 11.6 Å². The monoisotopic (exact) mass is 229 g/mol. The van der Waals surface area contributed by atoms with Gasteiger partial charge >= 0.3 is 0 Å². The summed E-state index contributed by atoms with van der Waals surface area (Å²) in [5.41, 5.74) is 0.284. The Labute approximate surface area is 94.3 Å². The van der Waals surface area contributed by atoms with Gasteiger partial charge in [0.05, 0.1) is 6.61 Å². The average Bonchev–Trinajstić information content (AvgIpc) is 2.28. The van der Waals surface area contributed by atoms with E-state index >= 15 is 0 Å². The van der Waals surface area contributed by atoms with Crippen molar-refractivity contribution >= 4 is 0 Å². The SMILES string of the molecule is CCC(CO)NC(C)c1cc(F)ccc1F. The molecular weight excluding hydrogens is 212 g/mol. The maximum absolute atomic E-state index is 13.4. The number of halogens is 2. The van der Waals surface area contributed by atoms with Crippen molar-refractivity contribution in [1.82, 2.24) is 5.32 Å². The lowest BCUT2D eigenvalue weighted by Gasteiger charge is -2.21. The molecule has 0 heterocycles. The summed E-state index contributed by atoms with van der Waals surface area (Å²) in [6, 6.07) is 2.96. The molecule has 2 unspecified atom stereocenters. The van der Waals surface area contributed by atoms with E-state index in [1.54, 1.807) is 6.92 Å². The van der Waals surface area contributed by atoms with Gasteiger partial charge in [-0.2, -0.15) is 0 Å². The van der Waals surface area contributed by atoms with E-state index in [2.05, 4.69) is 5.32 Å². The zero-order valence-corrected chi connectivity index (χ0v) is 9.50. The molecule has 0 saturated carbocycles. The molecule has 0 bridgehead atoms. The van der Waals surface area contributed by atoms with Crippen LogP contribution in [0.3, 0.4) is 0 Å². The summed E-state index contributed by atoms with van der Waals surface area (Å²) in [7, 11) is 0. The van der Waals surface area contributed by atoms with E-state index < -0.39 is 11.6 Å². The second kappa shape index (κ2) is 5.92. The molecule has 0 aromatic heterocycles. The molecule has 0 aliphatic rings. The van der Waals surface area contributed by atoms with E-state index in [-0.39, 0.29) is 24.3 Å². The van der Waals surface area contributed by atoms with Crippen molar-refractivity contribution in [2.24, 2.45) is 0 Å². The molecule has 1 rings (SSSR count). The zero-order valence-electron chi connectivity index (χ0n) is 9.50. The Bertz CT molecular complexity index is 340. The van der Waals surface area contributed by atoms with E-state index in [0.717, 1.165) is 18.6 Å². The van der Waals surface area contributed by atoms with Crippen LogP contribution in [0.5, 0.6) is 0 Å². The first-order valence-corrected chi connectivity index (χ1v) is 5.40. The van der Waals surface area contributed by atoms with E-state index in [9.17, 15) is 8.78 Å². The Morgan fingerprint density at radius 1 is 1.38 bits per heavy atom. The van der Waals surface area contributed by atoms with Crippen LogP contribution < -0.4 is 5.32 Å². The standard InChI is InChI=1S/C12H17F2NO/c1-3-10(7-16)15-8(2)11-6-9(13)4-5-12(11)14/h4-6,8,10,15-16H,3,7H2,1-2H3. The van der Waals surface area contributed by atoms with E-state index in [0.29, 0.717) is 0 Å². The van der Waals surface area contributed by atoms with E-state index in [4.69, 9.17) is 5.11 Å². The van der Waals surface area contributed by atoms with Gasteiger partial charge in [-0.3, -0.25) is 0 Å². The number of hydrogen-bond acceptors (Lipinski definition) is 2. The molecule has 16 heavy (non-hydrogen) atoms. The van der Waals surface area contributed by atoms with Crippen molar-refractivity contribution < 1.29 is 13.9 Å². The first kappa shape index (κ1) is 13.1.